The van der Waals surface area contributed by atoms with E-state index in [1.807, 2.05) is 6.07 Å². The topological polar surface area (TPSA) is 40.5 Å². The van der Waals surface area contributed by atoms with E-state index < -0.39 is 5.97 Å². The van der Waals surface area contributed by atoms with E-state index in [1.54, 1.807) is 6.08 Å². The van der Waals surface area contributed by atoms with Gasteiger partial charge in [0.05, 0.1) is 0 Å². The molecule has 2 rings (SSSR count). The molecular formula is C17H23NO2. The average Bonchev–Trinajstić information content (AvgIpc) is 3.18. The van der Waals surface area contributed by atoms with E-state index in [0.29, 0.717) is 6.04 Å². The summed E-state index contributed by atoms with van der Waals surface area (Å²) in [4.78, 5) is 13.0. The summed E-state index contributed by atoms with van der Waals surface area (Å²) in [5.41, 5.74) is 3.40. The smallest absolute Gasteiger partial charge is 0.328 e. The van der Waals surface area contributed by atoms with Crippen LogP contribution in [0.15, 0.2) is 24.3 Å². The first-order valence-electron chi connectivity index (χ1n) is 7.25. The van der Waals surface area contributed by atoms with Crippen molar-refractivity contribution in [3.8, 4) is 0 Å². The molecule has 0 bridgehead atoms. The van der Waals surface area contributed by atoms with Crippen molar-refractivity contribution in [2.24, 2.45) is 5.92 Å². The quantitative estimate of drug-likeness (QED) is 0.803. The summed E-state index contributed by atoms with van der Waals surface area (Å²) in [5.74, 6) is -0.0624. The van der Waals surface area contributed by atoms with Crippen LogP contribution in [-0.2, 0) is 4.79 Å². The van der Waals surface area contributed by atoms with Gasteiger partial charge in [0, 0.05) is 24.4 Å². The van der Waals surface area contributed by atoms with Crippen molar-refractivity contribution in [1.29, 1.82) is 0 Å². The first-order chi connectivity index (χ1) is 9.47. The third-order valence-electron chi connectivity index (χ3n) is 3.72. The molecule has 0 saturated heterocycles. The fraction of sp³-hybridized carbons (Fsp3) is 0.471. The van der Waals surface area contributed by atoms with Crippen molar-refractivity contribution in [1.82, 2.24) is 0 Å². The van der Waals surface area contributed by atoms with Gasteiger partial charge in [-0.25, -0.2) is 4.79 Å². The minimum Gasteiger partial charge on any atom is -0.478 e. The van der Waals surface area contributed by atoms with Crippen LogP contribution in [0.4, 0.5) is 5.69 Å². The molecule has 0 unspecified atom stereocenters. The maximum absolute atomic E-state index is 10.6. The summed E-state index contributed by atoms with van der Waals surface area (Å²) in [7, 11) is 0. The molecule has 1 aromatic carbocycles. The fourth-order valence-corrected chi connectivity index (χ4v) is 2.44. The zero-order chi connectivity index (χ0) is 14.7. The summed E-state index contributed by atoms with van der Waals surface area (Å²) >= 11 is 0. The van der Waals surface area contributed by atoms with Crippen LogP contribution in [0.5, 0.6) is 0 Å². The largest absolute Gasteiger partial charge is 0.478 e. The number of anilines is 1. The summed E-state index contributed by atoms with van der Waals surface area (Å²) < 4.78 is 0. The first kappa shape index (κ1) is 14.6. The van der Waals surface area contributed by atoms with Gasteiger partial charge in [-0.3, -0.25) is 0 Å². The second kappa shape index (κ2) is 6.12. The summed E-state index contributed by atoms with van der Waals surface area (Å²) in [5, 5.41) is 8.67. The Morgan fingerprint density at radius 3 is 2.65 bits per heavy atom. The molecule has 0 spiro atoms. The molecule has 1 saturated carbocycles. The number of benzene rings is 1. The minimum atomic E-state index is -0.913. The Labute approximate surface area is 120 Å². The van der Waals surface area contributed by atoms with Gasteiger partial charge in [-0.15, -0.1) is 0 Å². The minimum absolute atomic E-state index is 0.481. The molecule has 3 heteroatoms. The molecule has 0 amide bonds. The van der Waals surface area contributed by atoms with Gasteiger partial charge in [-0.2, -0.15) is 0 Å². The van der Waals surface area contributed by atoms with Gasteiger partial charge in [0.1, 0.15) is 0 Å². The Hall–Kier alpha value is -1.77. The van der Waals surface area contributed by atoms with Gasteiger partial charge in [0.25, 0.3) is 0 Å². The van der Waals surface area contributed by atoms with Crippen molar-refractivity contribution in [2.45, 2.75) is 39.7 Å². The Morgan fingerprint density at radius 2 is 2.15 bits per heavy atom. The molecular weight excluding hydrogens is 250 g/mol. The summed E-state index contributed by atoms with van der Waals surface area (Å²) in [6.07, 6.45) is 5.52. The number of carbonyl (C=O) groups is 1. The molecule has 0 aromatic heterocycles. The third kappa shape index (κ3) is 3.86. The number of rotatable bonds is 6. The molecule has 20 heavy (non-hydrogen) atoms. The number of hydrogen-bond acceptors (Lipinski definition) is 2. The Balaban J connectivity index is 2.20. The van der Waals surface area contributed by atoms with E-state index in [0.717, 1.165) is 18.0 Å². The van der Waals surface area contributed by atoms with Gasteiger partial charge < -0.3 is 10.0 Å². The van der Waals surface area contributed by atoms with Crippen LogP contribution in [0, 0.1) is 12.8 Å². The third-order valence-corrected chi connectivity index (χ3v) is 3.72. The standard InChI is InChI=1S/C17H23NO2/c1-12(2)18(11-15-4-5-15)16-8-6-14(10-13(16)3)7-9-17(19)20/h6-10,12,15H,4-5,11H2,1-3H3,(H,19,20). The van der Waals surface area contributed by atoms with Crippen molar-refractivity contribution in [3.05, 3.63) is 35.4 Å². The average molecular weight is 273 g/mol. The van der Waals surface area contributed by atoms with E-state index in [-0.39, 0.29) is 0 Å². The van der Waals surface area contributed by atoms with Gasteiger partial charge in [0.2, 0.25) is 0 Å². The lowest BCUT2D eigenvalue weighted by Gasteiger charge is -2.30. The van der Waals surface area contributed by atoms with E-state index in [1.165, 1.54) is 30.2 Å². The fourth-order valence-electron chi connectivity index (χ4n) is 2.44. The normalized spacial score (nSPS) is 15.0. The molecule has 0 heterocycles. The van der Waals surface area contributed by atoms with Gasteiger partial charge in [-0.05, 0) is 68.9 Å². The van der Waals surface area contributed by atoms with Crippen LogP contribution >= 0.6 is 0 Å². The first-order valence-corrected chi connectivity index (χ1v) is 7.25. The number of hydrogen-bond donors (Lipinski definition) is 1. The number of carboxylic acid groups (broad SMARTS) is 1. The second-order valence-corrected chi connectivity index (χ2v) is 5.91. The molecule has 1 aliphatic rings. The highest BCUT2D eigenvalue weighted by molar-refractivity contribution is 5.85. The second-order valence-electron chi connectivity index (χ2n) is 5.91. The van der Waals surface area contributed by atoms with Gasteiger partial charge in [-0.1, -0.05) is 6.07 Å². The maximum Gasteiger partial charge on any atom is 0.328 e. The zero-order valence-corrected chi connectivity index (χ0v) is 12.5. The highest BCUT2D eigenvalue weighted by atomic mass is 16.4. The molecule has 0 radical (unpaired) electrons. The number of aryl methyl sites for hydroxylation is 1. The molecule has 108 valence electrons. The summed E-state index contributed by atoms with van der Waals surface area (Å²) in [6.45, 7) is 7.67. The molecule has 1 aromatic rings. The van der Waals surface area contributed by atoms with Crippen LogP contribution < -0.4 is 4.90 Å². The molecule has 0 aliphatic heterocycles. The number of carboxylic acids is 1. The van der Waals surface area contributed by atoms with Crippen LogP contribution in [0.2, 0.25) is 0 Å². The lowest BCUT2D eigenvalue weighted by atomic mass is 10.1. The van der Waals surface area contributed by atoms with E-state index in [4.69, 9.17) is 5.11 Å². The van der Waals surface area contributed by atoms with Crippen LogP contribution in [0.1, 0.15) is 37.8 Å². The lowest BCUT2D eigenvalue weighted by Crippen LogP contribution is -2.33. The lowest BCUT2D eigenvalue weighted by molar-refractivity contribution is -0.131. The monoisotopic (exact) mass is 273 g/mol. The Bertz CT molecular complexity index is 516. The summed E-state index contributed by atoms with van der Waals surface area (Å²) in [6, 6.07) is 6.63. The van der Waals surface area contributed by atoms with Gasteiger partial charge >= 0.3 is 5.97 Å². The van der Waals surface area contributed by atoms with Crippen molar-refractivity contribution in [3.63, 3.8) is 0 Å². The molecule has 3 nitrogen and oxygen atoms in total. The molecule has 1 N–H and O–H groups in total. The SMILES string of the molecule is Cc1cc(C=CC(=O)O)ccc1N(CC1CC1)C(C)C. The zero-order valence-electron chi connectivity index (χ0n) is 12.5. The van der Waals surface area contributed by atoms with E-state index in [9.17, 15) is 4.79 Å². The predicted molar refractivity (Wildman–Crippen MR) is 83.1 cm³/mol. The maximum atomic E-state index is 10.6. The highest BCUT2D eigenvalue weighted by Gasteiger charge is 2.26. The van der Waals surface area contributed by atoms with Crippen molar-refractivity contribution in [2.75, 3.05) is 11.4 Å². The predicted octanol–water partition coefficient (Wildman–Crippen LogP) is 3.72. The van der Waals surface area contributed by atoms with Crippen molar-refractivity contribution >= 4 is 17.7 Å². The number of aliphatic carboxylic acids is 1. The molecule has 1 fully saturated rings. The van der Waals surface area contributed by atoms with E-state index in [2.05, 4.69) is 37.8 Å². The van der Waals surface area contributed by atoms with Crippen LogP contribution in [0.3, 0.4) is 0 Å². The Kier molecular flexibility index (Phi) is 4.48. The number of nitrogens with zero attached hydrogens (tertiary/aromatic N) is 1. The molecule has 1 aliphatic carbocycles. The van der Waals surface area contributed by atoms with Crippen LogP contribution in [-0.4, -0.2) is 23.7 Å². The van der Waals surface area contributed by atoms with Crippen molar-refractivity contribution < 1.29 is 9.90 Å². The molecule has 0 atom stereocenters. The van der Waals surface area contributed by atoms with E-state index >= 15 is 0 Å². The highest BCUT2D eigenvalue weighted by Crippen LogP contribution is 2.33. The van der Waals surface area contributed by atoms with Crippen LogP contribution in [0.25, 0.3) is 6.08 Å². The Morgan fingerprint density at radius 1 is 1.45 bits per heavy atom. The van der Waals surface area contributed by atoms with Gasteiger partial charge in [0.15, 0.2) is 0 Å².